The van der Waals surface area contributed by atoms with Gasteiger partial charge in [-0.2, -0.15) is 0 Å². The molecule has 3 rings (SSSR count). The van der Waals surface area contributed by atoms with Crippen molar-refractivity contribution in [1.29, 1.82) is 0 Å². The van der Waals surface area contributed by atoms with Crippen LogP contribution in [-0.4, -0.2) is 30.9 Å². The first-order valence-corrected chi connectivity index (χ1v) is 13.1. The van der Waals surface area contributed by atoms with Gasteiger partial charge in [0.15, 0.2) is 5.78 Å². The molecular formula is C27H28O3S2. The largest absolute Gasteiger partial charge is 0.463 e. The van der Waals surface area contributed by atoms with Gasteiger partial charge in [0.05, 0.1) is 6.61 Å². The number of Topliss-reactive ketones (excluding diaryl/α,β-unsaturated/α-hetero) is 1. The van der Waals surface area contributed by atoms with Gasteiger partial charge in [-0.3, -0.25) is 4.79 Å². The van der Waals surface area contributed by atoms with Crippen LogP contribution in [0.25, 0.3) is 16.8 Å². The first-order chi connectivity index (χ1) is 15.6. The Hall–Kier alpha value is -2.50. The van der Waals surface area contributed by atoms with Gasteiger partial charge in [0.1, 0.15) is 0 Å². The fourth-order valence-electron chi connectivity index (χ4n) is 3.58. The van der Waals surface area contributed by atoms with E-state index in [1.165, 1.54) is 6.08 Å². The number of fused-ring (bicyclic) bond motifs is 1. The maximum absolute atomic E-state index is 12.9. The lowest BCUT2D eigenvalue weighted by Gasteiger charge is -2.15. The molecule has 0 bridgehead atoms. The molecule has 166 valence electrons. The van der Waals surface area contributed by atoms with Crippen molar-refractivity contribution in [2.24, 2.45) is 0 Å². The molecule has 0 aliphatic carbocycles. The summed E-state index contributed by atoms with van der Waals surface area (Å²) in [5.74, 6) is -0.238. The van der Waals surface area contributed by atoms with E-state index >= 15 is 0 Å². The summed E-state index contributed by atoms with van der Waals surface area (Å²) in [4.78, 5) is 27.3. The second-order valence-electron chi connectivity index (χ2n) is 7.35. The molecule has 3 aromatic rings. The Labute approximate surface area is 198 Å². The number of carbonyl (C=O) groups is 2. The van der Waals surface area contributed by atoms with Crippen LogP contribution in [0.15, 0.2) is 70.5 Å². The molecule has 0 fully saturated rings. The molecule has 0 amide bonds. The molecule has 3 aromatic carbocycles. The normalized spacial score (nSPS) is 11.2. The van der Waals surface area contributed by atoms with Gasteiger partial charge in [0.25, 0.3) is 0 Å². The quantitative estimate of drug-likeness (QED) is 0.106. The van der Waals surface area contributed by atoms with E-state index in [4.69, 9.17) is 4.74 Å². The number of rotatable bonds is 10. The molecule has 32 heavy (non-hydrogen) atoms. The lowest BCUT2D eigenvalue weighted by molar-refractivity contribution is -0.137. The van der Waals surface area contributed by atoms with E-state index in [9.17, 15) is 9.59 Å². The predicted molar refractivity (Wildman–Crippen MR) is 137 cm³/mol. The lowest BCUT2D eigenvalue weighted by Crippen LogP contribution is -2.05. The zero-order valence-electron chi connectivity index (χ0n) is 18.7. The van der Waals surface area contributed by atoms with Gasteiger partial charge >= 0.3 is 5.97 Å². The molecule has 0 N–H and O–H groups in total. The highest BCUT2D eigenvalue weighted by molar-refractivity contribution is 7.99. The standard InChI is InChI=1S/C27H28O3S2/c1-4-5-17-30-25(29)16-13-20-11-12-21(18-22(28)19-9-7-6-8-10-19)27-24(32-3)15-14-23(31-2)26(20)27/h6-16H,4-5,17-18H2,1-3H3/b16-13+. The number of ketones is 1. The average Bonchev–Trinajstić information content (AvgIpc) is 2.83. The molecule has 0 aliphatic heterocycles. The van der Waals surface area contributed by atoms with Gasteiger partial charge in [-0.1, -0.05) is 55.8 Å². The molecule has 0 saturated carbocycles. The van der Waals surface area contributed by atoms with Crippen molar-refractivity contribution in [2.75, 3.05) is 19.1 Å². The topological polar surface area (TPSA) is 43.4 Å². The van der Waals surface area contributed by atoms with Crippen LogP contribution in [0.4, 0.5) is 0 Å². The Bertz CT molecular complexity index is 1120. The van der Waals surface area contributed by atoms with E-state index in [0.29, 0.717) is 18.6 Å². The minimum atomic E-state index is -0.332. The Morgan fingerprint density at radius 2 is 1.59 bits per heavy atom. The fourth-order valence-corrected chi connectivity index (χ4v) is 4.84. The van der Waals surface area contributed by atoms with Gasteiger partial charge < -0.3 is 4.74 Å². The first-order valence-electron chi connectivity index (χ1n) is 10.7. The van der Waals surface area contributed by atoms with Crippen molar-refractivity contribution in [3.05, 3.63) is 77.4 Å². The van der Waals surface area contributed by atoms with Gasteiger partial charge in [-0.05, 0) is 48.3 Å². The zero-order valence-corrected chi connectivity index (χ0v) is 20.4. The van der Waals surface area contributed by atoms with E-state index in [1.54, 1.807) is 23.5 Å². The number of hydrogen-bond donors (Lipinski definition) is 0. The van der Waals surface area contributed by atoms with Crippen LogP contribution in [0, 0.1) is 0 Å². The fraction of sp³-hybridized carbons (Fsp3) is 0.259. The van der Waals surface area contributed by atoms with E-state index in [2.05, 4.69) is 19.1 Å². The van der Waals surface area contributed by atoms with Crippen LogP contribution >= 0.6 is 23.5 Å². The number of ether oxygens (including phenoxy) is 1. The highest BCUT2D eigenvalue weighted by Gasteiger charge is 2.16. The summed E-state index contributed by atoms with van der Waals surface area (Å²) in [6.45, 7) is 2.50. The molecule has 0 spiro atoms. The molecular weight excluding hydrogens is 436 g/mol. The van der Waals surface area contributed by atoms with Crippen molar-refractivity contribution < 1.29 is 14.3 Å². The van der Waals surface area contributed by atoms with Gasteiger partial charge in [0, 0.05) is 38.6 Å². The van der Waals surface area contributed by atoms with E-state index in [-0.39, 0.29) is 11.8 Å². The summed E-state index contributed by atoms with van der Waals surface area (Å²) < 4.78 is 5.26. The average molecular weight is 465 g/mol. The van der Waals surface area contributed by atoms with E-state index < -0.39 is 0 Å². The van der Waals surface area contributed by atoms with Crippen molar-refractivity contribution in [3.8, 4) is 0 Å². The molecule has 5 heteroatoms. The maximum atomic E-state index is 12.9. The molecule has 0 aliphatic rings. The number of thioether (sulfide) groups is 2. The summed E-state index contributed by atoms with van der Waals surface area (Å²) in [7, 11) is 0. The zero-order chi connectivity index (χ0) is 22.9. The second-order valence-corrected chi connectivity index (χ2v) is 9.05. The third kappa shape index (κ3) is 5.84. The van der Waals surface area contributed by atoms with Gasteiger partial charge in [-0.25, -0.2) is 4.79 Å². The van der Waals surface area contributed by atoms with Crippen LogP contribution in [0.1, 0.15) is 41.3 Å². The van der Waals surface area contributed by atoms with E-state index in [1.807, 2.05) is 61.1 Å². The van der Waals surface area contributed by atoms with Crippen LogP contribution in [-0.2, 0) is 16.0 Å². The molecule has 3 nitrogen and oxygen atoms in total. The van der Waals surface area contributed by atoms with Crippen molar-refractivity contribution in [1.82, 2.24) is 0 Å². The highest BCUT2D eigenvalue weighted by Crippen LogP contribution is 2.38. The molecule has 0 unspecified atom stereocenters. The number of esters is 1. The predicted octanol–water partition coefficient (Wildman–Crippen LogP) is 7.07. The van der Waals surface area contributed by atoms with Crippen LogP contribution in [0.3, 0.4) is 0 Å². The number of unbranched alkanes of at least 4 members (excludes halogenated alkanes) is 1. The van der Waals surface area contributed by atoms with Crippen molar-refractivity contribution in [2.45, 2.75) is 36.0 Å². The van der Waals surface area contributed by atoms with Gasteiger partial charge in [-0.15, -0.1) is 23.5 Å². The third-order valence-corrected chi connectivity index (χ3v) is 6.79. The Morgan fingerprint density at radius 1 is 0.906 bits per heavy atom. The minimum Gasteiger partial charge on any atom is -0.463 e. The Morgan fingerprint density at radius 3 is 2.25 bits per heavy atom. The van der Waals surface area contributed by atoms with E-state index in [0.717, 1.165) is 44.5 Å². The molecule has 0 aromatic heterocycles. The minimum absolute atomic E-state index is 0.0938. The smallest absolute Gasteiger partial charge is 0.330 e. The molecule has 0 heterocycles. The SMILES string of the molecule is CCCCOC(=O)/C=C/c1ccc(CC(=O)c2ccccc2)c2c(SC)ccc(SC)c12. The molecule has 0 radical (unpaired) electrons. The number of carbonyl (C=O) groups excluding carboxylic acids is 2. The van der Waals surface area contributed by atoms with Crippen LogP contribution in [0.5, 0.6) is 0 Å². The summed E-state index contributed by atoms with van der Waals surface area (Å²) in [6, 6.07) is 17.6. The molecule has 0 saturated heterocycles. The first kappa shape index (κ1) is 24.1. The Balaban J connectivity index is 2.04. The summed E-state index contributed by atoms with van der Waals surface area (Å²) >= 11 is 3.33. The number of hydrogen-bond acceptors (Lipinski definition) is 5. The van der Waals surface area contributed by atoms with Crippen LogP contribution < -0.4 is 0 Å². The second kappa shape index (κ2) is 11.9. The summed E-state index contributed by atoms with van der Waals surface area (Å²) in [5.41, 5.74) is 2.66. The monoisotopic (exact) mass is 464 g/mol. The van der Waals surface area contributed by atoms with Gasteiger partial charge in [0.2, 0.25) is 0 Å². The Kier molecular flexibility index (Phi) is 9.00. The summed E-state index contributed by atoms with van der Waals surface area (Å²) in [5, 5.41) is 2.15. The summed E-state index contributed by atoms with van der Waals surface area (Å²) in [6.07, 6.45) is 9.58. The maximum Gasteiger partial charge on any atom is 0.330 e. The van der Waals surface area contributed by atoms with Crippen molar-refractivity contribution >= 4 is 52.1 Å². The number of benzene rings is 3. The third-order valence-electron chi connectivity index (χ3n) is 5.23. The molecule has 0 atom stereocenters. The van der Waals surface area contributed by atoms with Crippen LogP contribution in [0.2, 0.25) is 0 Å². The highest BCUT2D eigenvalue weighted by atomic mass is 32.2. The van der Waals surface area contributed by atoms with Crippen molar-refractivity contribution in [3.63, 3.8) is 0 Å². The lowest BCUT2D eigenvalue weighted by atomic mass is 9.94.